The maximum atomic E-state index is 6.09. The summed E-state index contributed by atoms with van der Waals surface area (Å²) in [6, 6.07) is 8.16. The predicted molar refractivity (Wildman–Crippen MR) is 71.2 cm³/mol. The smallest absolute Gasteiger partial charge is 0.136 e. The highest BCUT2D eigenvalue weighted by Crippen LogP contribution is 2.22. The number of nitrogens with zero attached hydrogens (tertiary/aromatic N) is 1. The Balaban J connectivity index is 2.58. The average molecular weight is 252 g/mol. The van der Waals surface area contributed by atoms with Gasteiger partial charge in [-0.15, -0.1) is 11.6 Å². The lowest BCUT2D eigenvalue weighted by Crippen LogP contribution is -1.85. The fourth-order valence-corrected chi connectivity index (χ4v) is 1.86. The molecule has 1 aromatic carbocycles. The van der Waals surface area contributed by atoms with E-state index in [0.29, 0.717) is 11.0 Å². The molecule has 0 radical (unpaired) electrons. The minimum atomic E-state index is 0.474. The first-order chi connectivity index (χ1) is 7.70. The molecule has 2 aromatic rings. The highest BCUT2D eigenvalue weighted by Gasteiger charge is 2.02. The van der Waals surface area contributed by atoms with Crippen molar-refractivity contribution in [3.8, 4) is 0 Å². The van der Waals surface area contributed by atoms with Crippen LogP contribution in [0.25, 0.3) is 17.0 Å². The van der Waals surface area contributed by atoms with Crippen molar-refractivity contribution in [3.63, 3.8) is 0 Å². The molecule has 0 aliphatic heterocycles. The van der Waals surface area contributed by atoms with E-state index in [1.54, 1.807) is 0 Å². The number of aromatic nitrogens is 1. The maximum Gasteiger partial charge on any atom is 0.136 e. The van der Waals surface area contributed by atoms with Gasteiger partial charge in [-0.3, -0.25) is 0 Å². The van der Waals surface area contributed by atoms with Gasteiger partial charge in [0.1, 0.15) is 5.15 Å². The first-order valence-electron chi connectivity index (χ1n) is 5.00. The molecule has 0 bridgehead atoms. The summed E-state index contributed by atoms with van der Waals surface area (Å²) in [5, 5.41) is 1.60. The number of rotatable bonds is 2. The lowest BCUT2D eigenvalue weighted by Gasteiger charge is -2.03. The van der Waals surface area contributed by atoms with Crippen LogP contribution >= 0.6 is 23.2 Å². The zero-order valence-corrected chi connectivity index (χ0v) is 10.4. The summed E-state index contributed by atoms with van der Waals surface area (Å²) >= 11 is 11.7. The molecule has 1 heterocycles. The fraction of sp³-hybridized carbons (Fsp3) is 0.154. The summed E-state index contributed by atoms with van der Waals surface area (Å²) in [6.45, 7) is 2.04. The molecular formula is C13H11Cl2N. The van der Waals surface area contributed by atoms with E-state index in [9.17, 15) is 0 Å². The van der Waals surface area contributed by atoms with Crippen LogP contribution in [0.15, 0.2) is 30.3 Å². The number of pyridine rings is 1. The van der Waals surface area contributed by atoms with E-state index < -0.39 is 0 Å². The molecule has 1 nitrogen and oxygen atoms in total. The molecule has 0 fully saturated rings. The fourth-order valence-electron chi connectivity index (χ4n) is 1.56. The highest BCUT2D eigenvalue weighted by atomic mass is 35.5. The summed E-state index contributed by atoms with van der Waals surface area (Å²) in [6.07, 6.45) is 3.74. The van der Waals surface area contributed by atoms with E-state index >= 15 is 0 Å². The maximum absolute atomic E-state index is 6.09. The zero-order chi connectivity index (χ0) is 11.5. The molecule has 0 saturated heterocycles. The van der Waals surface area contributed by atoms with Crippen molar-refractivity contribution in [1.29, 1.82) is 0 Å². The third-order valence-electron chi connectivity index (χ3n) is 2.34. The van der Waals surface area contributed by atoms with E-state index in [0.717, 1.165) is 16.5 Å². The summed E-state index contributed by atoms with van der Waals surface area (Å²) in [5.74, 6) is 0.474. The standard InChI is InChI=1S/C13H11Cl2N/c1-9-4-5-10-8-11(3-2-6-14)13(15)16-12(10)7-9/h2-5,7-8H,6H2,1H3. The van der Waals surface area contributed by atoms with Gasteiger partial charge in [-0.1, -0.05) is 35.9 Å². The van der Waals surface area contributed by atoms with Crippen LogP contribution in [0.1, 0.15) is 11.1 Å². The van der Waals surface area contributed by atoms with Crippen molar-refractivity contribution in [2.75, 3.05) is 5.88 Å². The normalized spacial score (nSPS) is 11.4. The minimum absolute atomic E-state index is 0.474. The van der Waals surface area contributed by atoms with Gasteiger partial charge in [0.15, 0.2) is 0 Å². The number of halogens is 2. The van der Waals surface area contributed by atoms with Crippen LogP contribution < -0.4 is 0 Å². The van der Waals surface area contributed by atoms with Crippen LogP contribution in [0, 0.1) is 6.92 Å². The van der Waals surface area contributed by atoms with E-state index in [-0.39, 0.29) is 0 Å². The molecule has 0 spiro atoms. The van der Waals surface area contributed by atoms with Crippen LogP contribution in [0.2, 0.25) is 5.15 Å². The molecule has 2 rings (SSSR count). The number of alkyl halides is 1. The SMILES string of the molecule is Cc1ccc2cc(C=CCCl)c(Cl)nc2c1. The van der Waals surface area contributed by atoms with Gasteiger partial charge in [-0.05, 0) is 24.6 Å². The molecule has 82 valence electrons. The summed E-state index contributed by atoms with van der Waals surface area (Å²) in [4.78, 5) is 4.36. The average Bonchev–Trinajstić information content (AvgIpc) is 2.26. The predicted octanol–water partition coefficient (Wildman–Crippen LogP) is 4.45. The Morgan fingerprint density at radius 1 is 1.31 bits per heavy atom. The second-order valence-corrected chi connectivity index (χ2v) is 4.29. The van der Waals surface area contributed by atoms with Gasteiger partial charge in [0.25, 0.3) is 0 Å². The summed E-state index contributed by atoms with van der Waals surface area (Å²) in [5.41, 5.74) is 3.01. The number of hydrogen-bond donors (Lipinski definition) is 0. The summed E-state index contributed by atoms with van der Waals surface area (Å²) < 4.78 is 0. The Bertz CT molecular complexity index is 547. The van der Waals surface area contributed by atoms with Gasteiger partial charge in [0.2, 0.25) is 0 Å². The Labute approximate surface area is 105 Å². The molecule has 0 saturated carbocycles. The quantitative estimate of drug-likeness (QED) is 0.568. The molecule has 3 heteroatoms. The Hall–Kier alpha value is -1.05. The minimum Gasteiger partial charge on any atom is -0.235 e. The molecule has 0 N–H and O–H groups in total. The molecule has 0 unspecified atom stereocenters. The first-order valence-corrected chi connectivity index (χ1v) is 5.91. The van der Waals surface area contributed by atoms with Crippen molar-refractivity contribution in [3.05, 3.63) is 46.6 Å². The van der Waals surface area contributed by atoms with Gasteiger partial charge < -0.3 is 0 Å². The third kappa shape index (κ3) is 2.37. The van der Waals surface area contributed by atoms with Gasteiger partial charge in [0.05, 0.1) is 5.52 Å². The molecule has 0 atom stereocenters. The van der Waals surface area contributed by atoms with E-state index in [1.165, 1.54) is 5.56 Å². The highest BCUT2D eigenvalue weighted by molar-refractivity contribution is 6.31. The van der Waals surface area contributed by atoms with Crippen molar-refractivity contribution in [1.82, 2.24) is 4.98 Å². The Morgan fingerprint density at radius 2 is 2.12 bits per heavy atom. The van der Waals surface area contributed by atoms with Gasteiger partial charge in [-0.2, -0.15) is 0 Å². The summed E-state index contributed by atoms with van der Waals surface area (Å²) in [7, 11) is 0. The van der Waals surface area contributed by atoms with Crippen molar-refractivity contribution >= 4 is 40.2 Å². The second-order valence-electron chi connectivity index (χ2n) is 3.62. The molecule has 0 amide bonds. The molecule has 1 aromatic heterocycles. The largest absolute Gasteiger partial charge is 0.235 e. The van der Waals surface area contributed by atoms with Crippen LogP contribution in [-0.4, -0.2) is 10.9 Å². The first kappa shape index (κ1) is 11.4. The number of hydrogen-bond acceptors (Lipinski definition) is 1. The third-order valence-corrected chi connectivity index (χ3v) is 2.82. The van der Waals surface area contributed by atoms with Gasteiger partial charge >= 0.3 is 0 Å². The Kier molecular flexibility index (Phi) is 3.47. The molecular weight excluding hydrogens is 241 g/mol. The number of aryl methyl sites for hydroxylation is 1. The van der Waals surface area contributed by atoms with Crippen molar-refractivity contribution in [2.45, 2.75) is 6.92 Å². The van der Waals surface area contributed by atoms with Crippen LogP contribution in [0.5, 0.6) is 0 Å². The van der Waals surface area contributed by atoms with Crippen LogP contribution in [-0.2, 0) is 0 Å². The van der Waals surface area contributed by atoms with Gasteiger partial charge in [-0.25, -0.2) is 4.98 Å². The molecule has 16 heavy (non-hydrogen) atoms. The Morgan fingerprint density at radius 3 is 2.88 bits per heavy atom. The monoisotopic (exact) mass is 251 g/mol. The number of benzene rings is 1. The lowest BCUT2D eigenvalue weighted by atomic mass is 10.1. The molecule has 0 aliphatic carbocycles. The van der Waals surface area contributed by atoms with E-state index in [4.69, 9.17) is 23.2 Å². The lowest BCUT2D eigenvalue weighted by molar-refractivity contribution is 1.37. The van der Waals surface area contributed by atoms with E-state index in [1.807, 2.05) is 37.3 Å². The number of fused-ring (bicyclic) bond motifs is 1. The van der Waals surface area contributed by atoms with E-state index in [2.05, 4.69) is 11.1 Å². The second kappa shape index (κ2) is 4.86. The van der Waals surface area contributed by atoms with Crippen LogP contribution in [0.4, 0.5) is 0 Å². The number of allylic oxidation sites excluding steroid dienone is 1. The topological polar surface area (TPSA) is 12.9 Å². The van der Waals surface area contributed by atoms with Crippen molar-refractivity contribution in [2.24, 2.45) is 0 Å². The van der Waals surface area contributed by atoms with Crippen LogP contribution in [0.3, 0.4) is 0 Å². The van der Waals surface area contributed by atoms with Crippen molar-refractivity contribution < 1.29 is 0 Å². The molecule has 0 aliphatic rings. The zero-order valence-electron chi connectivity index (χ0n) is 8.87. The van der Waals surface area contributed by atoms with Gasteiger partial charge in [0, 0.05) is 16.8 Å².